The number of aliphatic hydroxyl groups is 4. The molecule has 0 bridgehead atoms. The summed E-state index contributed by atoms with van der Waals surface area (Å²) >= 11 is 0. The lowest BCUT2D eigenvalue weighted by molar-refractivity contribution is -0.893. The summed E-state index contributed by atoms with van der Waals surface area (Å²) in [7, 11) is 4.28. The quantitative estimate of drug-likeness (QED) is 0.0304. The zero-order valence-electron chi connectivity index (χ0n) is 32.6. The maximum atomic E-state index is 10.6. The Labute approximate surface area is 302 Å². The molecule has 1 heterocycles. The van der Waals surface area contributed by atoms with E-state index in [2.05, 4.69) is 40.1 Å². The molecule has 8 heteroatoms. The van der Waals surface area contributed by atoms with Crippen molar-refractivity contribution >= 4 is 0 Å². The van der Waals surface area contributed by atoms with Crippen molar-refractivity contribution < 1.29 is 39.1 Å². The van der Waals surface area contributed by atoms with Gasteiger partial charge in [0, 0.05) is 6.61 Å². The lowest BCUT2D eigenvalue weighted by Crippen LogP contribution is -2.59. The van der Waals surface area contributed by atoms with Crippen LogP contribution in [0.4, 0.5) is 0 Å². The Hall–Kier alpha value is -0.580. The van der Waals surface area contributed by atoms with Gasteiger partial charge in [0.2, 0.25) is 0 Å². The van der Waals surface area contributed by atoms with Crippen molar-refractivity contribution in [1.82, 2.24) is 0 Å². The Kier molecular flexibility index (Phi) is 29.4. The number of aliphatic hydroxyl groups excluding tert-OH is 4. The average molecular weight is 701 g/mol. The molecule has 0 aromatic rings. The van der Waals surface area contributed by atoms with E-state index in [0.29, 0.717) is 13.2 Å². The molecule has 0 saturated carbocycles. The van der Waals surface area contributed by atoms with Crippen molar-refractivity contribution in [3.63, 3.8) is 0 Å². The molecule has 1 saturated heterocycles. The molecule has 8 nitrogen and oxygen atoms in total. The molecular weight excluding hydrogens is 618 g/mol. The number of unbranched alkanes of at least 4 members (excludes halogenated alkanes) is 21. The van der Waals surface area contributed by atoms with Gasteiger partial charge in [0.15, 0.2) is 6.29 Å². The highest BCUT2D eigenvalue weighted by atomic mass is 16.7. The molecule has 0 aromatic heterocycles. The number of ether oxygens (including phenoxy) is 3. The third-order valence-electron chi connectivity index (χ3n) is 10.0. The van der Waals surface area contributed by atoms with Crippen molar-refractivity contribution in [2.24, 2.45) is 0 Å². The molecule has 6 atom stereocenters. The zero-order chi connectivity index (χ0) is 36.0. The smallest absolute Gasteiger partial charge is 0.186 e. The summed E-state index contributed by atoms with van der Waals surface area (Å²) in [4.78, 5) is 0. The highest BCUT2D eigenvalue weighted by Gasteiger charge is 2.44. The van der Waals surface area contributed by atoms with Crippen LogP contribution in [-0.4, -0.2) is 109 Å². The molecule has 0 radical (unpaired) electrons. The fourth-order valence-corrected chi connectivity index (χ4v) is 6.80. The van der Waals surface area contributed by atoms with Gasteiger partial charge in [-0.2, -0.15) is 0 Å². The summed E-state index contributed by atoms with van der Waals surface area (Å²) < 4.78 is 18.0. The van der Waals surface area contributed by atoms with Gasteiger partial charge in [0.1, 0.15) is 37.1 Å². The standard InChI is InChI=1S/C41H82NO7/c1-5-7-9-11-13-15-17-18-19-20-21-22-24-26-28-30-32-48-41-40(46)39(45)38(44)37(49-41)35-47-34-36(43)33-42(3,4)31-29-27-25-23-16-14-12-10-8-6-2/h18-19,36-41,43-46H,5-17,20-35H2,1-4H3/q+1/b19-18-/t36?,37-,38-,39+,40-,41-/m1/s1. The first kappa shape index (κ1) is 46.4. The fourth-order valence-electron chi connectivity index (χ4n) is 6.80. The number of hydrogen-bond donors (Lipinski definition) is 4. The van der Waals surface area contributed by atoms with Crippen molar-refractivity contribution in [1.29, 1.82) is 0 Å². The molecule has 1 rings (SSSR count). The largest absolute Gasteiger partial charge is 0.387 e. The minimum atomic E-state index is -1.38. The van der Waals surface area contributed by atoms with Crippen LogP contribution in [0.5, 0.6) is 0 Å². The van der Waals surface area contributed by atoms with Crippen molar-refractivity contribution in [2.45, 2.75) is 205 Å². The molecule has 1 unspecified atom stereocenters. The average Bonchev–Trinajstić information content (AvgIpc) is 3.07. The van der Waals surface area contributed by atoms with E-state index in [0.717, 1.165) is 36.7 Å². The van der Waals surface area contributed by atoms with Gasteiger partial charge in [-0.25, -0.2) is 0 Å². The second kappa shape index (κ2) is 31.0. The second-order valence-electron chi connectivity index (χ2n) is 15.5. The van der Waals surface area contributed by atoms with E-state index in [-0.39, 0.29) is 13.2 Å². The van der Waals surface area contributed by atoms with Crippen LogP contribution >= 0.6 is 0 Å². The molecular formula is C41H82NO7+. The number of hydrogen-bond acceptors (Lipinski definition) is 7. The van der Waals surface area contributed by atoms with E-state index in [4.69, 9.17) is 14.2 Å². The van der Waals surface area contributed by atoms with Gasteiger partial charge in [-0.3, -0.25) is 0 Å². The predicted molar refractivity (Wildman–Crippen MR) is 203 cm³/mol. The van der Waals surface area contributed by atoms with Crippen LogP contribution in [0.1, 0.15) is 168 Å². The normalized spacial score (nSPS) is 22.3. The first-order chi connectivity index (χ1) is 23.7. The summed E-state index contributed by atoms with van der Waals surface area (Å²) in [5, 5.41) is 42.0. The summed E-state index contributed by atoms with van der Waals surface area (Å²) in [6, 6.07) is 0. The molecule has 49 heavy (non-hydrogen) atoms. The topological polar surface area (TPSA) is 109 Å². The lowest BCUT2D eigenvalue weighted by Gasteiger charge is -2.40. The number of nitrogens with zero attached hydrogens (tertiary/aromatic N) is 1. The summed E-state index contributed by atoms with van der Waals surface area (Å²) in [5.74, 6) is 0. The number of allylic oxidation sites excluding steroid dienone is 2. The second-order valence-corrected chi connectivity index (χ2v) is 15.5. The van der Waals surface area contributed by atoms with Crippen LogP contribution in [0, 0.1) is 0 Å². The first-order valence-electron chi connectivity index (χ1n) is 20.8. The molecule has 4 N–H and O–H groups in total. The summed E-state index contributed by atoms with van der Waals surface area (Å²) in [5.41, 5.74) is 0. The maximum absolute atomic E-state index is 10.6. The Bertz CT molecular complexity index is 751. The first-order valence-corrected chi connectivity index (χ1v) is 20.8. The fraction of sp³-hybridized carbons (Fsp3) is 0.951. The van der Waals surface area contributed by atoms with E-state index in [1.807, 2.05) is 0 Å². The molecule has 292 valence electrons. The van der Waals surface area contributed by atoms with Crippen molar-refractivity contribution in [3.05, 3.63) is 12.2 Å². The van der Waals surface area contributed by atoms with Crippen LogP contribution in [0.2, 0.25) is 0 Å². The Balaban J connectivity index is 2.13. The maximum Gasteiger partial charge on any atom is 0.186 e. The monoisotopic (exact) mass is 701 g/mol. The van der Waals surface area contributed by atoms with Gasteiger partial charge in [0.05, 0.1) is 33.9 Å². The minimum absolute atomic E-state index is 0.00196. The summed E-state index contributed by atoms with van der Waals surface area (Å²) in [6.07, 6.45) is 28.6. The SMILES string of the molecule is CCCCCCCC/C=C\CCCCCCCCO[C@@H]1O[C@H](COCC(O)C[N+](C)(C)CCCCCCCCCCCC)[C@@H](O)[C@H](O)[C@H]1O. The van der Waals surface area contributed by atoms with Crippen molar-refractivity contribution in [3.8, 4) is 0 Å². The third kappa shape index (κ3) is 25.1. The molecule has 0 aromatic carbocycles. The van der Waals surface area contributed by atoms with E-state index in [1.54, 1.807) is 0 Å². The highest BCUT2D eigenvalue weighted by molar-refractivity contribution is 4.89. The van der Waals surface area contributed by atoms with Crippen molar-refractivity contribution in [2.75, 3.05) is 47.0 Å². The number of quaternary nitrogens is 1. The molecule has 0 amide bonds. The van der Waals surface area contributed by atoms with Crippen LogP contribution in [-0.2, 0) is 14.2 Å². The molecule has 0 spiro atoms. The van der Waals surface area contributed by atoms with E-state index < -0.39 is 36.8 Å². The Morgan fingerprint density at radius 2 is 1.08 bits per heavy atom. The van der Waals surface area contributed by atoms with Crippen LogP contribution in [0.25, 0.3) is 0 Å². The van der Waals surface area contributed by atoms with Gasteiger partial charge in [-0.05, 0) is 44.9 Å². The van der Waals surface area contributed by atoms with Gasteiger partial charge in [0.25, 0.3) is 0 Å². The van der Waals surface area contributed by atoms with E-state index in [1.165, 1.54) is 128 Å². The Morgan fingerprint density at radius 1 is 0.612 bits per heavy atom. The predicted octanol–water partition coefficient (Wildman–Crippen LogP) is 8.22. The Morgan fingerprint density at radius 3 is 1.61 bits per heavy atom. The molecule has 1 aliphatic heterocycles. The molecule has 0 aliphatic carbocycles. The van der Waals surface area contributed by atoms with Gasteiger partial charge < -0.3 is 39.1 Å². The number of likely N-dealkylation sites (N-methyl/N-ethyl adjacent to an activating group) is 1. The van der Waals surface area contributed by atoms with E-state index in [9.17, 15) is 20.4 Å². The molecule has 1 fully saturated rings. The van der Waals surface area contributed by atoms with Gasteiger partial charge >= 0.3 is 0 Å². The lowest BCUT2D eigenvalue weighted by atomic mass is 9.99. The van der Waals surface area contributed by atoms with Crippen LogP contribution < -0.4 is 0 Å². The third-order valence-corrected chi connectivity index (χ3v) is 10.0. The van der Waals surface area contributed by atoms with Crippen LogP contribution in [0.3, 0.4) is 0 Å². The number of rotatable bonds is 34. The van der Waals surface area contributed by atoms with Crippen LogP contribution in [0.15, 0.2) is 12.2 Å². The minimum Gasteiger partial charge on any atom is -0.387 e. The summed E-state index contributed by atoms with van der Waals surface area (Å²) in [6.45, 7) is 6.65. The highest BCUT2D eigenvalue weighted by Crippen LogP contribution is 2.23. The zero-order valence-corrected chi connectivity index (χ0v) is 32.6. The van der Waals surface area contributed by atoms with Gasteiger partial charge in [-0.15, -0.1) is 0 Å². The van der Waals surface area contributed by atoms with Gasteiger partial charge in [-0.1, -0.05) is 135 Å². The molecule has 1 aliphatic rings. The van der Waals surface area contributed by atoms with E-state index >= 15 is 0 Å².